The van der Waals surface area contributed by atoms with E-state index < -0.39 is 0 Å². The van der Waals surface area contributed by atoms with E-state index in [-0.39, 0.29) is 0 Å². The molecule has 1 N–H and O–H groups in total. The molecule has 0 radical (unpaired) electrons. The SMILES string of the molecule is CN1CCC(c2nn(-c3ccc(OCc4ccccc4)cc3)c3c2CCN3)CC1. The summed E-state index contributed by atoms with van der Waals surface area (Å²) in [7, 11) is 2.21. The Balaban J connectivity index is 1.35. The van der Waals surface area contributed by atoms with Gasteiger partial charge in [-0.15, -0.1) is 0 Å². The molecule has 29 heavy (non-hydrogen) atoms. The molecule has 0 atom stereocenters. The third-order valence-corrected chi connectivity index (χ3v) is 6.12. The minimum atomic E-state index is 0.578. The quantitative estimate of drug-likeness (QED) is 0.710. The smallest absolute Gasteiger partial charge is 0.133 e. The number of ether oxygens (including phenoxy) is 1. The number of fused-ring (bicyclic) bond motifs is 1. The molecule has 2 aliphatic rings. The molecule has 1 fully saturated rings. The third kappa shape index (κ3) is 3.75. The van der Waals surface area contributed by atoms with Crippen molar-refractivity contribution in [2.75, 3.05) is 32.0 Å². The highest BCUT2D eigenvalue weighted by molar-refractivity contribution is 5.58. The molecule has 0 amide bonds. The summed E-state index contributed by atoms with van der Waals surface area (Å²) in [4.78, 5) is 2.42. The molecule has 0 unspecified atom stereocenters. The first-order chi connectivity index (χ1) is 14.3. The molecule has 0 spiro atoms. The Kier molecular flexibility index (Phi) is 4.98. The van der Waals surface area contributed by atoms with Crippen molar-refractivity contribution in [3.63, 3.8) is 0 Å². The van der Waals surface area contributed by atoms with Crippen molar-refractivity contribution in [2.24, 2.45) is 0 Å². The van der Waals surface area contributed by atoms with Crippen molar-refractivity contribution in [3.05, 3.63) is 71.4 Å². The Morgan fingerprint density at radius 2 is 1.79 bits per heavy atom. The van der Waals surface area contributed by atoms with E-state index in [0.717, 1.165) is 37.5 Å². The molecule has 1 saturated heterocycles. The van der Waals surface area contributed by atoms with E-state index in [1.807, 2.05) is 30.3 Å². The molecule has 150 valence electrons. The Labute approximate surface area is 172 Å². The molecule has 3 aromatic rings. The van der Waals surface area contributed by atoms with Gasteiger partial charge in [0.1, 0.15) is 18.2 Å². The number of benzene rings is 2. The number of rotatable bonds is 5. The van der Waals surface area contributed by atoms with Crippen molar-refractivity contribution in [1.29, 1.82) is 0 Å². The molecular weight excluding hydrogens is 360 g/mol. The van der Waals surface area contributed by atoms with Crippen LogP contribution in [0.5, 0.6) is 5.75 Å². The highest BCUT2D eigenvalue weighted by atomic mass is 16.5. The Hall–Kier alpha value is -2.79. The highest BCUT2D eigenvalue weighted by Crippen LogP contribution is 2.36. The van der Waals surface area contributed by atoms with Gasteiger partial charge in [-0.25, -0.2) is 4.68 Å². The first-order valence-corrected chi connectivity index (χ1v) is 10.6. The fraction of sp³-hybridized carbons (Fsp3) is 0.375. The summed E-state index contributed by atoms with van der Waals surface area (Å²) in [6.07, 6.45) is 3.48. The van der Waals surface area contributed by atoms with E-state index in [0.29, 0.717) is 12.5 Å². The van der Waals surface area contributed by atoms with E-state index in [2.05, 4.69) is 46.2 Å². The minimum absolute atomic E-state index is 0.578. The van der Waals surface area contributed by atoms with Gasteiger partial charge < -0.3 is 15.0 Å². The van der Waals surface area contributed by atoms with E-state index in [1.54, 1.807) is 0 Å². The fourth-order valence-corrected chi connectivity index (χ4v) is 4.42. The van der Waals surface area contributed by atoms with E-state index in [9.17, 15) is 0 Å². The summed E-state index contributed by atoms with van der Waals surface area (Å²) in [5.74, 6) is 2.64. The summed E-state index contributed by atoms with van der Waals surface area (Å²) >= 11 is 0. The largest absolute Gasteiger partial charge is 0.489 e. The van der Waals surface area contributed by atoms with E-state index >= 15 is 0 Å². The molecule has 5 heteroatoms. The molecule has 5 rings (SSSR count). The molecule has 0 aliphatic carbocycles. The molecule has 0 bridgehead atoms. The topological polar surface area (TPSA) is 42.3 Å². The summed E-state index contributed by atoms with van der Waals surface area (Å²) in [5.41, 5.74) is 4.99. The van der Waals surface area contributed by atoms with Crippen LogP contribution in [0.4, 0.5) is 5.82 Å². The van der Waals surface area contributed by atoms with Crippen LogP contribution in [-0.2, 0) is 13.0 Å². The van der Waals surface area contributed by atoms with Crippen LogP contribution in [0, 0.1) is 0 Å². The molecule has 3 heterocycles. The zero-order valence-electron chi connectivity index (χ0n) is 17.0. The minimum Gasteiger partial charge on any atom is -0.489 e. The van der Waals surface area contributed by atoms with Gasteiger partial charge in [-0.05, 0) is 69.2 Å². The average Bonchev–Trinajstić information content (AvgIpc) is 3.37. The first kappa shape index (κ1) is 18.3. The maximum absolute atomic E-state index is 5.94. The van der Waals surface area contributed by atoms with Crippen molar-refractivity contribution in [1.82, 2.24) is 14.7 Å². The van der Waals surface area contributed by atoms with Crippen LogP contribution in [-0.4, -0.2) is 41.4 Å². The lowest BCUT2D eigenvalue weighted by Crippen LogP contribution is -2.29. The van der Waals surface area contributed by atoms with Gasteiger partial charge in [0, 0.05) is 18.0 Å². The molecule has 1 aromatic heterocycles. The fourth-order valence-electron chi connectivity index (χ4n) is 4.42. The number of nitrogens with zero attached hydrogens (tertiary/aromatic N) is 3. The van der Waals surface area contributed by atoms with Gasteiger partial charge in [0.15, 0.2) is 0 Å². The van der Waals surface area contributed by atoms with Crippen molar-refractivity contribution < 1.29 is 4.74 Å². The highest BCUT2D eigenvalue weighted by Gasteiger charge is 2.29. The maximum Gasteiger partial charge on any atom is 0.133 e. The van der Waals surface area contributed by atoms with Crippen LogP contribution in [0.2, 0.25) is 0 Å². The predicted octanol–water partition coefficient (Wildman–Crippen LogP) is 4.23. The summed E-state index contributed by atoms with van der Waals surface area (Å²) in [6, 6.07) is 18.5. The second kappa shape index (κ2) is 7.91. The van der Waals surface area contributed by atoms with Crippen molar-refractivity contribution in [2.45, 2.75) is 31.8 Å². The molecule has 5 nitrogen and oxygen atoms in total. The number of likely N-dealkylation sites (tertiary alicyclic amines) is 1. The van der Waals surface area contributed by atoms with Gasteiger partial charge >= 0.3 is 0 Å². The number of hydrogen-bond acceptors (Lipinski definition) is 4. The van der Waals surface area contributed by atoms with Gasteiger partial charge in [-0.1, -0.05) is 30.3 Å². The van der Waals surface area contributed by atoms with E-state index in [4.69, 9.17) is 9.84 Å². The Morgan fingerprint density at radius 3 is 2.55 bits per heavy atom. The third-order valence-electron chi connectivity index (χ3n) is 6.12. The van der Waals surface area contributed by atoms with Crippen molar-refractivity contribution in [3.8, 4) is 11.4 Å². The molecular formula is C24H28N4O. The predicted molar refractivity (Wildman–Crippen MR) is 116 cm³/mol. The van der Waals surface area contributed by atoms with Gasteiger partial charge in [0.2, 0.25) is 0 Å². The maximum atomic E-state index is 5.94. The lowest BCUT2D eigenvalue weighted by atomic mass is 9.91. The van der Waals surface area contributed by atoms with Crippen LogP contribution in [0.3, 0.4) is 0 Å². The van der Waals surface area contributed by atoms with Crippen LogP contribution in [0.15, 0.2) is 54.6 Å². The zero-order chi connectivity index (χ0) is 19.6. The van der Waals surface area contributed by atoms with Crippen LogP contribution in [0.25, 0.3) is 5.69 Å². The van der Waals surface area contributed by atoms with Gasteiger partial charge in [-0.3, -0.25) is 0 Å². The van der Waals surface area contributed by atoms with E-state index in [1.165, 1.54) is 35.5 Å². The first-order valence-electron chi connectivity index (χ1n) is 10.6. The normalized spacial score (nSPS) is 17.1. The lowest BCUT2D eigenvalue weighted by molar-refractivity contribution is 0.252. The summed E-state index contributed by atoms with van der Waals surface area (Å²) in [6.45, 7) is 3.91. The average molecular weight is 389 g/mol. The number of nitrogens with one attached hydrogen (secondary N) is 1. The number of aromatic nitrogens is 2. The van der Waals surface area contributed by atoms with Crippen LogP contribution in [0.1, 0.15) is 35.6 Å². The zero-order valence-corrected chi connectivity index (χ0v) is 17.0. The van der Waals surface area contributed by atoms with Crippen LogP contribution < -0.4 is 10.1 Å². The summed E-state index contributed by atoms with van der Waals surface area (Å²) in [5, 5.41) is 8.62. The van der Waals surface area contributed by atoms with Crippen molar-refractivity contribution >= 4 is 5.82 Å². The van der Waals surface area contributed by atoms with Gasteiger partial charge in [0.25, 0.3) is 0 Å². The number of piperidine rings is 1. The number of anilines is 1. The standard InChI is InChI=1S/C24H28N4O/c1-27-15-12-19(13-16-27)23-22-11-14-25-24(22)28(26-23)20-7-9-21(10-8-20)29-17-18-5-3-2-4-6-18/h2-10,19,25H,11-17H2,1H3. The Bertz CT molecular complexity index is 957. The van der Waals surface area contributed by atoms with Crippen LogP contribution >= 0.6 is 0 Å². The summed E-state index contributed by atoms with van der Waals surface area (Å²) < 4.78 is 8.03. The molecule has 2 aromatic carbocycles. The molecule has 0 saturated carbocycles. The number of hydrogen-bond donors (Lipinski definition) is 1. The molecule has 2 aliphatic heterocycles. The second-order valence-electron chi connectivity index (χ2n) is 8.15. The Morgan fingerprint density at radius 1 is 1.03 bits per heavy atom. The monoisotopic (exact) mass is 388 g/mol. The second-order valence-corrected chi connectivity index (χ2v) is 8.15. The van der Waals surface area contributed by atoms with Gasteiger partial charge in [0.05, 0.1) is 11.4 Å². The lowest BCUT2D eigenvalue weighted by Gasteiger charge is -2.28. The van der Waals surface area contributed by atoms with Gasteiger partial charge in [-0.2, -0.15) is 5.10 Å².